The number of hydrogen-bond acceptors (Lipinski definition) is 3. The van der Waals surface area contributed by atoms with E-state index in [1.165, 1.54) is 57.0 Å². The van der Waals surface area contributed by atoms with Gasteiger partial charge >= 0.3 is 229 Å². The predicted octanol–water partition coefficient (Wildman–Crippen LogP) is 9.36. The first-order chi connectivity index (χ1) is 17.0. The van der Waals surface area contributed by atoms with Crippen LogP contribution in [0.1, 0.15) is 96.8 Å². The zero-order valence-electron chi connectivity index (χ0n) is 24.6. The van der Waals surface area contributed by atoms with Crippen molar-refractivity contribution in [1.82, 2.24) is 0 Å². The van der Waals surface area contributed by atoms with Gasteiger partial charge < -0.3 is 0 Å². The van der Waals surface area contributed by atoms with Crippen molar-refractivity contribution in [2.24, 2.45) is 0 Å². The Morgan fingerprint density at radius 2 is 1.47 bits per heavy atom. The van der Waals surface area contributed by atoms with Gasteiger partial charge in [-0.3, -0.25) is 0 Å². The number of ether oxygens (including phenoxy) is 2. The van der Waals surface area contributed by atoms with Crippen molar-refractivity contribution in [3.05, 3.63) is 47.2 Å². The van der Waals surface area contributed by atoms with Crippen molar-refractivity contribution in [3.8, 4) is 0 Å². The molecule has 0 saturated carbocycles. The molecular weight excluding hydrogens is 567 g/mol. The summed E-state index contributed by atoms with van der Waals surface area (Å²) >= 11 is -2.38. The van der Waals surface area contributed by atoms with E-state index in [4.69, 9.17) is 9.47 Å². The molecule has 2 unspecified atom stereocenters. The summed E-state index contributed by atoms with van der Waals surface area (Å²) in [5.74, 6) is -0.215. The molecule has 0 saturated heterocycles. The SMILES string of the molecule is CCC[CH2][Sn]([CH2]CCC)([CH2]CCC)[CH2]OC1C=C([Si](C)(C)C(C)(C)C)C(OC(=O)c2ccccc2)C1. The second-order valence-corrected chi connectivity index (χ2v) is 31.6. The van der Waals surface area contributed by atoms with Crippen LogP contribution >= 0.6 is 0 Å². The molecule has 2 atom stereocenters. The van der Waals surface area contributed by atoms with E-state index in [2.05, 4.69) is 60.7 Å². The van der Waals surface area contributed by atoms with Gasteiger partial charge in [-0.1, -0.05) is 0 Å². The van der Waals surface area contributed by atoms with E-state index in [1.807, 2.05) is 30.3 Å². The van der Waals surface area contributed by atoms with E-state index in [0.29, 0.717) is 5.56 Å². The standard InChI is InChI=1S/C19H27O3Si.3C4H9.Sn/c1-19(2,3)23(5,6)17-13-15(21-4)12-16(17)22-18(20)14-10-8-7-9-11-14;3*1-3-4-2;/h7-11,13,15-16H,4,12H2,1-3,5-6H3;3*1,3-4H2,2H3;. The second-order valence-electron chi connectivity index (χ2n) is 12.7. The van der Waals surface area contributed by atoms with Crippen LogP contribution in [0.3, 0.4) is 0 Å². The molecule has 0 N–H and O–H groups in total. The monoisotopic (exact) mass is 622 g/mol. The summed E-state index contributed by atoms with van der Waals surface area (Å²) in [5, 5.41) is 1.54. The number of rotatable bonds is 15. The summed E-state index contributed by atoms with van der Waals surface area (Å²) in [6.45, 7) is 18.9. The van der Waals surface area contributed by atoms with Gasteiger partial charge in [0, 0.05) is 0 Å². The Morgan fingerprint density at radius 3 is 1.94 bits per heavy atom. The fraction of sp³-hybridized carbons (Fsp3) is 0.710. The molecule has 1 aliphatic rings. The Kier molecular flexibility index (Phi) is 12.8. The minimum atomic E-state index is -2.38. The van der Waals surface area contributed by atoms with Crippen molar-refractivity contribution in [3.63, 3.8) is 0 Å². The molecule has 0 amide bonds. The molecule has 0 aromatic heterocycles. The molecule has 0 spiro atoms. The summed E-state index contributed by atoms with van der Waals surface area (Å²) in [4.78, 5) is 13.0. The summed E-state index contributed by atoms with van der Waals surface area (Å²) in [7, 11) is -1.86. The van der Waals surface area contributed by atoms with Crippen molar-refractivity contribution < 1.29 is 14.3 Å². The van der Waals surface area contributed by atoms with Crippen LogP contribution in [0.25, 0.3) is 0 Å². The van der Waals surface area contributed by atoms with Gasteiger partial charge in [-0.15, -0.1) is 0 Å². The third kappa shape index (κ3) is 8.73. The summed E-state index contributed by atoms with van der Waals surface area (Å²) in [6, 6.07) is 9.43. The van der Waals surface area contributed by atoms with E-state index in [1.54, 1.807) is 0 Å². The average molecular weight is 622 g/mol. The molecule has 0 bridgehead atoms. The van der Waals surface area contributed by atoms with Gasteiger partial charge in [0.05, 0.1) is 0 Å². The van der Waals surface area contributed by atoms with Crippen molar-refractivity contribution in [1.29, 1.82) is 0 Å². The molecular formula is C31H54O3SiSn. The number of carbonyl (C=O) groups is 1. The first-order valence-electron chi connectivity index (χ1n) is 14.6. The number of carbonyl (C=O) groups excluding carboxylic acids is 1. The van der Waals surface area contributed by atoms with Gasteiger partial charge in [0.15, 0.2) is 0 Å². The number of unbranched alkanes of at least 4 members (excludes halogenated alkanes) is 3. The van der Waals surface area contributed by atoms with Crippen molar-refractivity contribution in [2.45, 2.75) is 130 Å². The summed E-state index contributed by atoms with van der Waals surface area (Å²) in [5.41, 5.74) is 0.630. The minimum absolute atomic E-state index is 0.0728. The fourth-order valence-electron chi connectivity index (χ4n) is 5.29. The van der Waals surface area contributed by atoms with E-state index in [-0.39, 0.29) is 23.2 Å². The van der Waals surface area contributed by atoms with Gasteiger partial charge in [0.25, 0.3) is 0 Å². The van der Waals surface area contributed by atoms with Crippen LogP contribution in [0, 0.1) is 0 Å². The van der Waals surface area contributed by atoms with Crippen molar-refractivity contribution >= 4 is 32.4 Å². The van der Waals surface area contributed by atoms with Crippen LogP contribution < -0.4 is 0 Å². The van der Waals surface area contributed by atoms with Gasteiger partial charge in [-0.25, -0.2) is 0 Å². The molecule has 36 heavy (non-hydrogen) atoms. The fourth-order valence-corrected chi connectivity index (χ4v) is 22.2. The van der Waals surface area contributed by atoms with E-state index < -0.39 is 26.5 Å². The molecule has 0 heterocycles. The summed E-state index contributed by atoms with van der Waals surface area (Å²) in [6.07, 6.45) is 11.0. The van der Waals surface area contributed by atoms with Crippen LogP contribution in [0.2, 0.25) is 31.4 Å². The van der Waals surface area contributed by atoms with E-state index in [9.17, 15) is 4.79 Å². The first kappa shape index (κ1) is 31.6. The van der Waals surface area contributed by atoms with Gasteiger partial charge in [-0.05, 0) is 0 Å². The molecule has 0 aliphatic heterocycles. The van der Waals surface area contributed by atoms with Crippen LogP contribution in [0.4, 0.5) is 0 Å². The third-order valence-corrected chi connectivity index (χ3v) is 28.8. The first-order valence-corrected chi connectivity index (χ1v) is 25.7. The number of benzene rings is 1. The molecule has 2 rings (SSSR count). The van der Waals surface area contributed by atoms with Crippen LogP contribution in [0.5, 0.6) is 0 Å². The quantitative estimate of drug-likeness (QED) is 0.145. The Bertz CT molecular complexity index is 806. The Morgan fingerprint density at radius 1 is 0.944 bits per heavy atom. The normalized spacial score (nSPS) is 18.8. The number of esters is 1. The molecule has 3 nitrogen and oxygen atoms in total. The third-order valence-electron chi connectivity index (χ3n) is 8.80. The zero-order valence-corrected chi connectivity index (χ0v) is 28.5. The topological polar surface area (TPSA) is 35.5 Å². The maximum atomic E-state index is 13.0. The van der Waals surface area contributed by atoms with Gasteiger partial charge in [0.2, 0.25) is 0 Å². The van der Waals surface area contributed by atoms with Crippen LogP contribution in [-0.4, -0.2) is 49.3 Å². The molecule has 1 aromatic carbocycles. The summed E-state index contributed by atoms with van der Waals surface area (Å²) < 4.78 is 18.5. The number of hydrogen-bond donors (Lipinski definition) is 0. The molecule has 5 heteroatoms. The van der Waals surface area contributed by atoms with Crippen molar-refractivity contribution in [2.75, 3.05) is 4.62 Å². The molecule has 204 valence electrons. The van der Waals surface area contributed by atoms with E-state index >= 15 is 0 Å². The molecule has 1 aromatic rings. The predicted molar refractivity (Wildman–Crippen MR) is 160 cm³/mol. The Labute approximate surface area is 227 Å². The molecule has 0 radical (unpaired) electrons. The van der Waals surface area contributed by atoms with E-state index in [0.717, 1.165) is 11.0 Å². The maximum absolute atomic E-state index is 13.0. The molecule has 1 aliphatic carbocycles. The molecule has 0 fully saturated rings. The van der Waals surface area contributed by atoms with Crippen LogP contribution in [0.15, 0.2) is 41.6 Å². The van der Waals surface area contributed by atoms with Gasteiger partial charge in [-0.2, -0.15) is 0 Å². The zero-order chi connectivity index (χ0) is 26.8. The van der Waals surface area contributed by atoms with Gasteiger partial charge in [0.1, 0.15) is 0 Å². The Hall–Kier alpha value is -0.594. The van der Waals surface area contributed by atoms with Crippen LogP contribution in [-0.2, 0) is 9.47 Å². The average Bonchev–Trinajstić information content (AvgIpc) is 3.26. The Balaban J connectivity index is 2.26. The second kappa shape index (κ2) is 14.5.